The Morgan fingerprint density at radius 1 is 1.10 bits per heavy atom. The van der Waals surface area contributed by atoms with Gasteiger partial charge in [-0.1, -0.05) is 29.8 Å². The maximum Gasteiger partial charge on any atom is 0.246 e. The molecule has 3 rings (SSSR count). The molecule has 0 spiro atoms. The number of phenolic OH excluding ortho intramolecular Hbond substituents is 1. The van der Waals surface area contributed by atoms with Gasteiger partial charge in [-0.3, -0.25) is 14.5 Å². The minimum Gasteiger partial charge on any atom is -0.508 e. The van der Waals surface area contributed by atoms with Crippen LogP contribution in [0.5, 0.6) is 5.75 Å². The molecule has 0 bridgehead atoms. The number of amides is 2. The van der Waals surface area contributed by atoms with E-state index in [0.29, 0.717) is 47.6 Å². The quantitative estimate of drug-likeness (QED) is 0.716. The molecule has 1 N–H and O–H groups in total. The monoisotopic (exact) mass is 439 g/mol. The first-order chi connectivity index (χ1) is 13.9. The van der Waals surface area contributed by atoms with Gasteiger partial charge in [0.1, 0.15) is 5.75 Å². The van der Waals surface area contributed by atoms with Gasteiger partial charge in [0, 0.05) is 57.8 Å². The minimum absolute atomic E-state index is 0.00549. The van der Waals surface area contributed by atoms with E-state index in [0.717, 1.165) is 39.0 Å². The summed E-state index contributed by atoms with van der Waals surface area (Å²) in [5.74, 6) is 0.129. The third-order valence-corrected chi connectivity index (χ3v) is 6.52. The Balaban J connectivity index is 1.48. The number of benzene rings is 1. The van der Waals surface area contributed by atoms with Crippen LogP contribution in [0.25, 0.3) is 0 Å². The van der Waals surface area contributed by atoms with E-state index >= 15 is 0 Å². The molecule has 2 aliphatic rings. The molecular weight excluding hydrogens is 413 g/mol. The summed E-state index contributed by atoms with van der Waals surface area (Å²) in [4.78, 5) is 30.6. The number of carbonyl (C=O) groups excluding carboxylic acids is 2. The molecule has 29 heavy (non-hydrogen) atoms. The van der Waals surface area contributed by atoms with Gasteiger partial charge in [0.15, 0.2) is 0 Å². The number of likely N-dealkylation sites (tertiary alicyclic amines) is 1. The number of hydrogen-bond acceptors (Lipinski definition) is 4. The van der Waals surface area contributed by atoms with E-state index in [9.17, 15) is 14.7 Å². The van der Waals surface area contributed by atoms with Crippen molar-refractivity contribution in [3.63, 3.8) is 0 Å². The van der Waals surface area contributed by atoms with Crippen LogP contribution < -0.4 is 0 Å². The Bertz CT molecular complexity index is 779. The van der Waals surface area contributed by atoms with Crippen LogP contribution in [0.4, 0.5) is 0 Å². The highest BCUT2D eigenvalue weighted by Gasteiger charge is 2.30. The van der Waals surface area contributed by atoms with Crippen molar-refractivity contribution in [3.8, 4) is 5.75 Å². The first-order valence-electron chi connectivity index (χ1n) is 9.99. The molecule has 0 radical (unpaired) electrons. The first kappa shape index (κ1) is 21.9. The molecule has 0 aromatic heterocycles. The molecule has 8 heteroatoms. The van der Waals surface area contributed by atoms with Gasteiger partial charge in [-0.2, -0.15) is 0 Å². The first-order valence-corrected chi connectivity index (χ1v) is 10.7. The van der Waals surface area contributed by atoms with E-state index in [2.05, 4.69) is 11.5 Å². The summed E-state index contributed by atoms with van der Waals surface area (Å²) in [5.41, 5.74) is 0.626. The number of rotatable bonds is 5. The average molecular weight is 440 g/mol. The molecule has 2 fully saturated rings. The number of aromatic hydroxyl groups is 1. The van der Waals surface area contributed by atoms with Crippen LogP contribution in [-0.4, -0.2) is 76.9 Å². The normalized spacial score (nSPS) is 20.6. The molecule has 0 aliphatic carbocycles. The van der Waals surface area contributed by atoms with Crippen LogP contribution in [0.1, 0.15) is 24.8 Å². The number of aryl methyl sites for hydroxylation is 1. The molecule has 158 valence electrons. The maximum atomic E-state index is 12.6. The van der Waals surface area contributed by atoms with Crippen molar-refractivity contribution in [1.82, 2.24) is 14.7 Å². The second kappa shape index (κ2) is 9.83. The Labute approximate surface area is 181 Å². The Hall–Kier alpha value is -1.76. The minimum atomic E-state index is -0.00549. The molecule has 1 aromatic rings. The second-order valence-corrected chi connectivity index (χ2v) is 8.41. The Kier molecular flexibility index (Phi) is 7.44. The molecule has 1 atom stereocenters. The van der Waals surface area contributed by atoms with Crippen molar-refractivity contribution in [3.05, 3.63) is 40.4 Å². The summed E-state index contributed by atoms with van der Waals surface area (Å²) < 4.78 is 0. The topological polar surface area (TPSA) is 64.1 Å². The number of piperazine rings is 1. The summed E-state index contributed by atoms with van der Waals surface area (Å²) in [6.07, 6.45) is 4.19. The van der Waals surface area contributed by atoms with Gasteiger partial charge in [0.05, 0.1) is 10.0 Å². The zero-order valence-corrected chi connectivity index (χ0v) is 18.0. The fourth-order valence-corrected chi connectivity index (χ4v) is 4.44. The number of nitrogens with zero attached hydrogens (tertiary/aromatic N) is 3. The highest BCUT2D eigenvalue weighted by molar-refractivity contribution is 6.42. The summed E-state index contributed by atoms with van der Waals surface area (Å²) in [7, 11) is 0. The fourth-order valence-electron chi connectivity index (χ4n) is 4.10. The molecule has 2 saturated heterocycles. The SMILES string of the molecule is C=CC(=O)N1CCCC(N2CCN(C(=O)CCc3cc(Cl)c(Cl)cc3O)CC2)C1. The third kappa shape index (κ3) is 5.44. The molecule has 1 unspecified atom stereocenters. The molecule has 2 amide bonds. The lowest BCUT2D eigenvalue weighted by molar-refractivity contribution is -0.133. The molecule has 2 aliphatic heterocycles. The van der Waals surface area contributed by atoms with E-state index in [-0.39, 0.29) is 17.6 Å². The predicted molar refractivity (Wildman–Crippen MR) is 114 cm³/mol. The van der Waals surface area contributed by atoms with Gasteiger partial charge in [0.2, 0.25) is 11.8 Å². The zero-order valence-electron chi connectivity index (χ0n) is 16.4. The number of piperidine rings is 1. The Morgan fingerprint density at radius 2 is 1.79 bits per heavy atom. The van der Waals surface area contributed by atoms with Crippen molar-refractivity contribution in [2.45, 2.75) is 31.7 Å². The molecule has 6 nitrogen and oxygen atoms in total. The molecule has 1 aromatic carbocycles. The molecule has 2 heterocycles. The molecular formula is C21H27Cl2N3O3. The second-order valence-electron chi connectivity index (χ2n) is 7.60. The van der Waals surface area contributed by atoms with Crippen LogP contribution >= 0.6 is 23.2 Å². The van der Waals surface area contributed by atoms with Crippen molar-refractivity contribution >= 4 is 35.0 Å². The average Bonchev–Trinajstić information content (AvgIpc) is 2.74. The largest absolute Gasteiger partial charge is 0.508 e. The van der Waals surface area contributed by atoms with E-state index in [1.54, 1.807) is 6.07 Å². The number of halogens is 2. The summed E-state index contributed by atoms with van der Waals surface area (Å²) in [5, 5.41) is 10.7. The van der Waals surface area contributed by atoms with E-state index in [1.165, 1.54) is 12.1 Å². The third-order valence-electron chi connectivity index (χ3n) is 5.80. The lowest BCUT2D eigenvalue weighted by atomic mass is 10.0. The van der Waals surface area contributed by atoms with Crippen LogP contribution in [0, 0.1) is 0 Å². The van der Waals surface area contributed by atoms with Crippen molar-refractivity contribution in [1.29, 1.82) is 0 Å². The summed E-state index contributed by atoms with van der Waals surface area (Å²) in [6, 6.07) is 3.37. The van der Waals surface area contributed by atoms with Crippen LogP contribution in [0.2, 0.25) is 10.0 Å². The van der Waals surface area contributed by atoms with E-state index < -0.39 is 0 Å². The van der Waals surface area contributed by atoms with E-state index in [4.69, 9.17) is 23.2 Å². The van der Waals surface area contributed by atoms with Gasteiger partial charge in [-0.25, -0.2) is 0 Å². The number of carbonyl (C=O) groups is 2. The standard InChI is InChI=1S/C21H27Cl2N3O3/c1-2-20(28)26-7-3-4-16(14-26)24-8-10-25(11-9-24)21(29)6-5-15-12-17(22)18(23)13-19(15)27/h2,12-13,16,27H,1,3-11,14H2. The number of phenols is 1. The van der Waals surface area contributed by atoms with Gasteiger partial charge in [-0.05, 0) is 37.0 Å². The van der Waals surface area contributed by atoms with Gasteiger partial charge < -0.3 is 14.9 Å². The smallest absolute Gasteiger partial charge is 0.246 e. The Morgan fingerprint density at radius 3 is 2.48 bits per heavy atom. The van der Waals surface area contributed by atoms with Gasteiger partial charge >= 0.3 is 0 Å². The lowest BCUT2D eigenvalue weighted by Crippen LogP contribution is -2.56. The highest BCUT2D eigenvalue weighted by atomic mass is 35.5. The van der Waals surface area contributed by atoms with Crippen molar-refractivity contribution in [2.24, 2.45) is 0 Å². The number of hydrogen-bond donors (Lipinski definition) is 1. The van der Waals surface area contributed by atoms with Crippen LogP contribution in [0.3, 0.4) is 0 Å². The van der Waals surface area contributed by atoms with Crippen molar-refractivity contribution in [2.75, 3.05) is 39.3 Å². The van der Waals surface area contributed by atoms with Crippen LogP contribution in [-0.2, 0) is 16.0 Å². The maximum absolute atomic E-state index is 12.6. The van der Waals surface area contributed by atoms with E-state index in [1.807, 2.05) is 9.80 Å². The zero-order chi connectivity index (χ0) is 21.0. The lowest BCUT2D eigenvalue weighted by Gasteiger charge is -2.43. The molecule has 0 saturated carbocycles. The van der Waals surface area contributed by atoms with Gasteiger partial charge in [-0.15, -0.1) is 0 Å². The van der Waals surface area contributed by atoms with Gasteiger partial charge in [0.25, 0.3) is 0 Å². The summed E-state index contributed by atoms with van der Waals surface area (Å²) in [6.45, 7) is 8.08. The van der Waals surface area contributed by atoms with Crippen LogP contribution in [0.15, 0.2) is 24.8 Å². The predicted octanol–water partition coefficient (Wildman–Crippen LogP) is 2.95. The highest BCUT2D eigenvalue weighted by Crippen LogP contribution is 2.30. The fraction of sp³-hybridized carbons (Fsp3) is 0.524. The summed E-state index contributed by atoms with van der Waals surface area (Å²) >= 11 is 11.9. The van der Waals surface area contributed by atoms with Crippen molar-refractivity contribution < 1.29 is 14.7 Å².